The van der Waals surface area contributed by atoms with Crippen molar-refractivity contribution in [3.8, 4) is 11.5 Å². The molecule has 2 rings (SSSR count). The topological polar surface area (TPSA) is 86.2 Å². The lowest BCUT2D eigenvalue weighted by Gasteiger charge is -2.06. The molecule has 0 bridgehead atoms. The maximum Gasteiger partial charge on any atom is 0.338 e. The van der Waals surface area contributed by atoms with Crippen LogP contribution in [0.2, 0.25) is 0 Å². The van der Waals surface area contributed by atoms with Crippen molar-refractivity contribution in [2.75, 3.05) is 19.8 Å². The molecule has 27 heavy (non-hydrogen) atoms. The van der Waals surface area contributed by atoms with E-state index < -0.39 is 11.9 Å². The summed E-state index contributed by atoms with van der Waals surface area (Å²) in [5, 5.41) is 3.88. The molecule has 0 spiro atoms. The molecule has 0 fully saturated rings. The van der Waals surface area contributed by atoms with E-state index in [-0.39, 0.29) is 6.61 Å². The molecule has 2 aromatic carbocycles. The highest BCUT2D eigenvalue weighted by Crippen LogP contribution is 2.13. The third-order valence-electron chi connectivity index (χ3n) is 3.33. The second-order valence-corrected chi connectivity index (χ2v) is 5.33. The van der Waals surface area contributed by atoms with E-state index in [4.69, 9.17) is 14.2 Å². The van der Waals surface area contributed by atoms with Crippen LogP contribution in [0.5, 0.6) is 11.5 Å². The van der Waals surface area contributed by atoms with Crippen LogP contribution in [-0.4, -0.2) is 37.9 Å². The first kappa shape index (κ1) is 20.0. The molecule has 0 aliphatic rings. The number of hydrazone groups is 1. The Balaban J connectivity index is 1.76. The van der Waals surface area contributed by atoms with E-state index in [0.717, 1.165) is 11.3 Å². The minimum absolute atomic E-state index is 0.195. The third-order valence-corrected chi connectivity index (χ3v) is 3.33. The van der Waals surface area contributed by atoms with Crippen molar-refractivity contribution < 1.29 is 23.8 Å². The lowest BCUT2D eigenvalue weighted by atomic mass is 10.2. The second-order valence-electron chi connectivity index (χ2n) is 5.33. The summed E-state index contributed by atoms with van der Waals surface area (Å²) < 4.78 is 15.6. The van der Waals surface area contributed by atoms with E-state index in [2.05, 4.69) is 10.5 Å². The molecular formula is C20H22N2O5. The molecule has 7 heteroatoms. The molecule has 0 aliphatic carbocycles. The second kappa shape index (κ2) is 10.6. The normalized spacial score (nSPS) is 10.4. The number of esters is 1. The number of nitrogens with zero attached hydrogens (tertiary/aromatic N) is 1. The summed E-state index contributed by atoms with van der Waals surface area (Å²) in [6.07, 6.45) is 1.53. The van der Waals surface area contributed by atoms with Gasteiger partial charge in [0, 0.05) is 0 Å². The highest BCUT2D eigenvalue weighted by atomic mass is 16.5. The van der Waals surface area contributed by atoms with E-state index in [1.165, 1.54) is 6.21 Å². The molecule has 0 unspecified atom stereocenters. The smallest absolute Gasteiger partial charge is 0.338 e. The summed E-state index contributed by atoms with van der Waals surface area (Å²) in [7, 11) is 0. The van der Waals surface area contributed by atoms with Gasteiger partial charge in [-0.1, -0.05) is 0 Å². The summed E-state index contributed by atoms with van der Waals surface area (Å²) in [5.41, 5.74) is 3.64. The average molecular weight is 370 g/mol. The standard InChI is InChI=1S/C20H22N2O5/c1-3-25-17-9-5-15(6-10-17)13-21-22-19(23)14-27-18-11-7-16(8-12-18)20(24)26-4-2/h5-13H,3-4,14H2,1-2H3,(H,22,23). The average Bonchev–Trinajstić information content (AvgIpc) is 2.68. The Kier molecular flexibility index (Phi) is 7.84. The van der Waals surface area contributed by atoms with Crippen LogP contribution in [0.25, 0.3) is 0 Å². The van der Waals surface area contributed by atoms with Gasteiger partial charge in [0.05, 0.1) is 25.0 Å². The Morgan fingerprint density at radius 2 is 1.56 bits per heavy atom. The van der Waals surface area contributed by atoms with Gasteiger partial charge in [-0.05, 0) is 67.9 Å². The molecule has 0 saturated carbocycles. The van der Waals surface area contributed by atoms with Gasteiger partial charge in [0.25, 0.3) is 5.91 Å². The quantitative estimate of drug-likeness (QED) is 0.417. The molecule has 0 radical (unpaired) electrons. The number of amides is 1. The number of hydrogen-bond acceptors (Lipinski definition) is 6. The third kappa shape index (κ3) is 6.81. The Morgan fingerprint density at radius 3 is 2.19 bits per heavy atom. The van der Waals surface area contributed by atoms with Crippen LogP contribution < -0.4 is 14.9 Å². The molecular weight excluding hydrogens is 348 g/mol. The maximum atomic E-state index is 11.8. The highest BCUT2D eigenvalue weighted by molar-refractivity contribution is 5.89. The fourth-order valence-electron chi connectivity index (χ4n) is 2.08. The van der Waals surface area contributed by atoms with E-state index in [1.54, 1.807) is 31.2 Å². The van der Waals surface area contributed by atoms with Gasteiger partial charge in [0.2, 0.25) is 0 Å². The molecule has 0 atom stereocenters. The van der Waals surface area contributed by atoms with Crippen molar-refractivity contribution in [3.05, 3.63) is 59.7 Å². The van der Waals surface area contributed by atoms with Gasteiger partial charge >= 0.3 is 5.97 Å². The van der Waals surface area contributed by atoms with Crippen molar-refractivity contribution >= 4 is 18.1 Å². The highest BCUT2D eigenvalue weighted by Gasteiger charge is 2.07. The SMILES string of the molecule is CCOC(=O)c1ccc(OCC(=O)NN=Cc2ccc(OCC)cc2)cc1. The van der Waals surface area contributed by atoms with E-state index in [0.29, 0.717) is 24.5 Å². The number of carbonyl (C=O) groups excluding carboxylic acids is 2. The zero-order valence-corrected chi connectivity index (χ0v) is 15.3. The zero-order valence-electron chi connectivity index (χ0n) is 15.3. The summed E-state index contributed by atoms with van der Waals surface area (Å²) in [5.74, 6) is 0.451. The summed E-state index contributed by atoms with van der Waals surface area (Å²) in [6, 6.07) is 13.7. The minimum Gasteiger partial charge on any atom is -0.494 e. The molecule has 142 valence electrons. The van der Waals surface area contributed by atoms with Crippen molar-refractivity contribution in [3.63, 3.8) is 0 Å². The predicted octanol–water partition coefficient (Wildman–Crippen LogP) is 2.79. The first-order valence-electron chi connectivity index (χ1n) is 8.57. The minimum atomic E-state index is -0.398. The van der Waals surface area contributed by atoms with Gasteiger partial charge in [-0.3, -0.25) is 4.79 Å². The van der Waals surface area contributed by atoms with Crippen LogP contribution in [0.1, 0.15) is 29.8 Å². The first-order chi connectivity index (χ1) is 13.1. The number of rotatable bonds is 9. The monoisotopic (exact) mass is 370 g/mol. The lowest BCUT2D eigenvalue weighted by Crippen LogP contribution is -2.24. The Labute approximate surface area is 157 Å². The van der Waals surface area contributed by atoms with Gasteiger partial charge in [-0.15, -0.1) is 0 Å². The zero-order chi connectivity index (χ0) is 19.5. The molecule has 0 aliphatic heterocycles. The van der Waals surface area contributed by atoms with Crippen LogP contribution in [0, 0.1) is 0 Å². The van der Waals surface area contributed by atoms with Crippen LogP contribution in [0.4, 0.5) is 0 Å². The van der Waals surface area contributed by atoms with Gasteiger partial charge in [0.1, 0.15) is 11.5 Å². The van der Waals surface area contributed by atoms with Gasteiger partial charge in [-0.2, -0.15) is 5.10 Å². The first-order valence-corrected chi connectivity index (χ1v) is 8.57. The summed E-state index contributed by atoms with van der Waals surface area (Å²) >= 11 is 0. The molecule has 0 aromatic heterocycles. The van der Waals surface area contributed by atoms with Gasteiger partial charge in [-0.25, -0.2) is 10.2 Å². The summed E-state index contributed by atoms with van der Waals surface area (Å²) in [4.78, 5) is 23.3. The number of carbonyl (C=O) groups is 2. The van der Waals surface area contributed by atoms with Crippen LogP contribution >= 0.6 is 0 Å². The van der Waals surface area contributed by atoms with Crippen LogP contribution in [0.15, 0.2) is 53.6 Å². The van der Waals surface area contributed by atoms with Crippen LogP contribution in [-0.2, 0) is 9.53 Å². The number of ether oxygens (including phenoxy) is 3. The van der Waals surface area contributed by atoms with Crippen molar-refractivity contribution in [1.82, 2.24) is 5.43 Å². The molecule has 7 nitrogen and oxygen atoms in total. The molecule has 2 aromatic rings. The van der Waals surface area contributed by atoms with E-state index >= 15 is 0 Å². The lowest BCUT2D eigenvalue weighted by molar-refractivity contribution is -0.123. The number of benzene rings is 2. The largest absolute Gasteiger partial charge is 0.494 e. The van der Waals surface area contributed by atoms with E-state index in [9.17, 15) is 9.59 Å². The van der Waals surface area contributed by atoms with Crippen LogP contribution in [0.3, 0.4) is 0 Å². The Morgan fingerprint density at radius 1 is 0.926 bits per heavy atom. The summed E-state index contributed by atoms with van der Waals surface area (Å²) in [6.45, 7) is 4.39. The van der Waals surface area contributed by atoms with Crippen molar-refractivity contribution in [2.24, 2.45) is 5.10 Å². The molecule has 1 amide bonds. The van der Waals surface area contributed by atoms with Crippen molar-refractivity contribution in [1.29, 1.82) is 0 Å². The number of nitrogens with one attached hydrogen (secondary N) is 1. The Bertz CT molecular complexity index is 770. The van der Waals surface area contributed by atoms with E-state index in [1.807, 2.05) is 31.2 Å². The fraction of sp³-hybridized carbons (Fsp3) is 0.250. The van der Waals surface area contributed by atoms with Gasteiger partial charge < -0.3 is 14.2 Å². The van der Waals surface area contributed by atoms with Gasteiger partial charge in [0.15, 0.2) is 6.61 Å². The predicted molar refractivity (Wildman–Crippen MR) is 101 cm³/mol. The number of hydrogen-bond donors (Lipinski definition) is 1. The molecule has 1 N–H and O–H groups in total. The molecule has 0 heterocycles. The molecule has 0 saturated heterocycles. The maximum absolute atomic E-state index is 11.8. The fourth-order valence-corrected chi connectivity index (χ4v) is 2.08. The van der Waals surface area contributed by atoms with Crippen molar-refractivity contribution in [2.45, 2.75) is 13.8 Å². The Hall–Kier alpha value is -3.35.